The van der Waals surface area contributed by atoms with Crippen LogP contribution in [0.3, 0.4) is 0 Å². The van der Waals surface area contributed by atoms with Gasteiger partial charge in [0.05, 0.1) is 12.7 Å². The number of para-hydroxylation sites is 1. The fraction of sp³-hybridized carbons (Fsp3) is 0.429. The Balaban J connectivity index is 1.58. The van der Waals surface area contributed by atoms with E-state index in [4.69, 9.17) is 4.74 Å². The van der Waals surface area contributed by atoms with Crippen LogP contribution in [0.15, 0.2) is 54.6 Å². The molecule has 4 nitrogen and oxygen atoms in total. The fourth-order valence-corrected chi connectivity index (χ4v) is 3.42. The lowest BCUT2D eigenvalue weighted by atomic mass is 10.1. The number of aliphatic hydroxyl groups excluding tert-OH is 1. The molecule has 2 atom stereocenters. The van der Waals surface area contributed by atoms with Crippen molar-refractivity contribution in [3.63, 3.8) is 0 Å². The molecule has 0 spiro atoms. The topological polar surface area (TPSA) is 35.9 Å². The van der Waals surface area contributed by atoms with Gasteiger partial charge < -0.3 is 14.7 Å². The van der Waals surface area contributed by atoms with E-state index in [1.54, 1.807) is 0 Å². The minimum atomic E-state index is -0.291. The number of aliphatic hydroxyl groups is 1. The summed E-state index contributed by atoms with van der Waals surface area (Å²) in [5, 5.41) is 10.2. The van der Waals surface area contributed by atoms with Gasteiger partial charge >= 0.3 is 0 Å². The third-order valence-electron chi connectivity index (χ3n) is 4.86. The first-order valence-corrected chi connectivity index (χ1v) is 8.95. The van der Waals surface area contributed by atoms with Gasteiger partial charge in [0.25, 0.3) is 0 Å². The summed E-state index contributed by atoms with van der Waals surface area (Å²) < 4.78 is 6.05. The second kappa shape index (κ2) is 8.48. The molecule has 0 aliphatic carbocycles. The first-order chi connectivity index (χ1) is 12.1. The summed E-state index contributed by atoms with van der Waals surface area (Å²) in [4.78, 5) is 4.40. The Hall–Kier alpha value is -1.88. The number of likely N-dealkylation sites (N-methyl/N-ethyl adjacent to an activating group) is 1. The van der Waals surface area contributed by atoms with Crippen LogP contribution in [0.5, 0.6) is 5.75 Å². The van der Waals surface area contributed by atoms with Crippen LogP contribution in [-0.4, -0.2) is 60.8 Å². The first-order valence-electron chi connectivity index (χ1n) is 8.95. The zero-order chi connectivity index (χ0) is 17.6. The summed E-state index contributed by atoms with van der Waals surface area (Å²) in [6, 6.07) is 18.8. The third-order valence-corrected chi connectivity index (χ3v) is 4.86. The molecule has 1 aliphatic heterocycles. The molecule has 0 aromatic heterocycles. The normalized spacial score (nSPS) is 21.0. The van der Waals surface area contributed by atoms with Crippen molar-refractivity contribution in [2.75, 3.05) is 33.8 Å². The average molecular weight is 340 g/mol. The Morgan fingerprint density at radius 3 is 2.48 bits per heavy atom. The van der Waals surface area contributed by atoms with Crippen LogP contribution in [0, 0.1) is 0 Å². The van der Waals surface area contributed by atoms with Crippen LogP contribution in [0.1, 0.15) is 11.1 Å². The lowest BCUT2D eigenvalue weighted by molar-refractivity contribution is 0.112. The van der Waals surface area contributed by atoms with Crippen molar-refractivity contribution in [1.29, 1.82) is 0 Å². The quantitative estimate of drug-likeness (QED) is 0.840. The van der Waals surface area contributed by atoms with Crippen molar-refractivity contribution in [2.24, 2.45) is 0 Å². The highest BCUT2D eigenvalue weighted by molar-refractivity contribution is 5.33. The minimum absolute atomic E-state index is 0.200. The molecular formula is C21H28N2O2. The van der Waals surface area contributed by atoms with E-state index < -0.39 is 0 Å². The van der Waals surface area contributed by atoms with Crippen LogP contribution >= 0.6 is 0 Å². The van der Waals surface area contributed by atoms with Crippen molar-refractivity contribution >= 4 is 0 Å². The highest BCUT2D eigenvalue weighted by Crippen LogP contribution is 2.23. The number of benzene rings is 2. The molecule has 1 N–H and O–H groups in total. The van der Waals surface area contributed by atoms with E-state index >= 15 is 0 Å². The van der Waals surface area contributed by atoms with Gasteiger partial charge in [-0.2, -0.15) is 0 Å². The number of nitrogens with zero attached hydrogens (tertiary/aromatic N) is 2. The van der Waals surface area contributed by atoms with E-state index in [0.29, 0.717) is 13.2 Å². The Bertz CT molecular complexity index is 660. The molecule has 134 valence electrons. The highest BCUT2D eigenvalue weighted by atomic mass is 16.5. The molecule has 0 bridgehead atoms. The summed E-state index contributed by atoms with van der Waals surface area (Å²) in [5.74, 6) is 0.946. The molecular weight excluding hydrogens is 312 g/mol. The van der Waals surface area contributed by atoms with Crippen molar-refractivity contribution in [3.8, 4) is 5.75 Å². The molecule has 0 radical (unpaired) electrons. The summed E-state index contributed by atoms with van der Waals surface area (Å²) >= 11 is 0. The molecule has 2 aromatic carbocycles. The summed E-state index contributed by atoms with van der Waals surface area (Å²) in [5.41, 5.74) is 2.47. The average Bonchev–Trinajstić information content (AvgIpc) is 2.98. The van der Waals surface area contributed by atoms with Gasteiger partial charge in [0.1, 0.15) is 5.75 Å². The van der Waals surface area contributed by atoms with Gasteiger partial charge in [0.2, 0.25) is 0 Å². The van der Waals surface area contributed by atoms with Gasteiger partial charge in [-0.1, -0.05) is 48.5 Å². The largest absolute Gasteiger partial charge is 0.493 e. The lowest BCUT2D eigenvalue weighted by Crippen LogP contribution is -2.37. The monoisotopic (exact) mass is 340 g/mol. The van der Waals surface area contributed by atoms with Crippen LogP contribution in [-0.2, 0) is 13.0 Å². The molecule has 0 unspecified atom stereocenters. The molecule has 25 heavy (non-hydrogen) atoms. The molecule has 1 fully saturated rings. The summed E-state index contributed by atoms with van der Waals surface area (Å²) in [6.45, 7) is 3.07. The number of hydrogen-bond acceptors (Lipinski definition) is 4. The van der Waals surface area contributed by atoms with E-state index in [0.717, 1.165) is 25.3 Å². The Labute approximate surface area is 150 Å². The van der Waals surface area contributed by atoms with Gasteiger partial charge in [-0.3, -0.25) is 4.90 Å². The van der Waals surface area contributed by atoms with Crippen LogP contribution in [0.2, 0.25) is 0 Å². The molecule has 0 amide bonds. The molecule has 1 heterocycles. The maximum Gasteiger partial charge on any atom is 0.123 e. The third kappa shape index (κ3) is 4.82. The zero-order valence-electron chi connectivity index (χ0n) is 15.1. The van der Waals surface area contributed by atoms with Crippen molar-refractivity contribution in [3.05, 3.63) is 65.7 Å². The minimum Gasteiger partial charge on any atom is -0.493 e. The zero-order valence-corrected chi connectivity index (χ0v) is 15.1. The molecule has 3 rings (SSSR count). The molecule has 2 aromatic rings. The van der Waals surface area contributed by atoms with Gasteiger partial charge in [0, 0.05) is 37.7 Å². The molecule has 1 saturated heterocycles. The van der Waals surface area contributed by atoms with Crippen LogP contribution in [0.25, 0.3) is 0 Å². The van der Waals surface area contributed by atoms with Gasteiger partial charge in [-0.05, 0) is 25.7 Å². The smallest absolute Gasteiger partial charge is 0.123 e. The molecule has 4 heteroatoms. The van der Waals surface area contributed by atoms with Crippen molar-refractivity contribution < 1.29 is 9.84 Å². The second-order valence-corrected chi connectivity index (χ2v) is 6.98. The molecule has 1 aliphatic rings. The van der Waals surface area contributed by atoms with E-state index in [-0.39, 0.29) is 12.1 Å². The SMILES string of the molecule is CN(C)[C@@H]1CN(Cc2ccccc2OCCc2ccccc2)C[C@H]1O. The predicted molar refractivity (Wildman–Crippen MR) is 101 cm³/mol. The predicted octanol–water partition coefficient (Wildman–Crippen LogP) is 2.41. The Morgan fingerprint density at radius 1 is 1.04 bits per heavy atom. The van der Waals surface area contributed by atoms with E-state index in [1.165, 1.54) is 11.1 Å². The van der Waals surface area contributed by atoms with Gasteiger partial charge in [-0.25, -0.2) is 0 Å². The number of hydrogen-bond donors (Lipinski definition) is 1. The van der Waals surface area contributed by atoms with Crippen molar-refractivity contribution in [2.45, 2.75) is 25.1 Å². The number of rotatable bonds is 7. The first kappa shape index (κ1) is 17.9. The van der Waals surface area contributed by atoms with Crippen LogP contribution in [0.4, 0.5) is 0 Å². The Morgan fingerprint density at radius 2 is 1.76 bits per heavy atom. The molecule has 0 saturated carbocycles. The summed E-state index contributed by atoms with van der Waals surface area (Å²) in [6.07, 6.45) is 0.612. The number of ether oxygens (including phenoxy) is 1. The summed E-state index contributed by atoms with van der Waals surface area (Å²) in [7, 11) is 4.05. The maximum atomic E-state index is 10.2. The number of likely N-dealkylation sites (tertiary alicyclic amines) is 1. The van der Waals surface area contributed by atoms with E-state index in [2.05, 4.69) is 46.2 Å². The van der Waals surface area contributed by atoms with Crippen LogP contribution < -0.4 is 4.74 Å². The number of β-amino-alcohol motifs (C(OH)–C–C–N with tert-alkyl or cyclic N) is 1. The van der Waals surface area contributed by atoms with E-state index in [9.17, 15) is 5.11 Å². The highest BCUT2D eigenvalue weighted by Gasteiger charge is 2.32. The second-order valence-electron chi connectivity index (χ2n) is 6.98. The maximum absolute atomic E-state index is 10.2. The Kier molecular flexibility index (Phi) is 6.08. The standard InChI is InChI=1S/C21H28N2O2/c1-22(2)19-15-23(16-20(19)24)14-18-10-6-7-11-21(18)25-13-12-17-8-4-3-5-9-17/h3-11,19-20,24H,12-16H2,1-2H3/t19-,20-/m1/s1. The van der Waals surface area contributed by atoms with Gasteiger partial charge in [0.15, 0.2) is 0 Å². The van der Waals surface area contributed by atoms with E-state index in [1.807, 2.05) is 32.3 Å². The van der Waals surface area contributed by atoms with Gasteiger partial charge in [-0.15, -0.1) is 0 Å². The lowest BCUT2D eigenvalue weighted by Gasteiger charge is -2.22. The van der Waals surface area contributed by atoms with Crippen molar-refractivity contribution in [1.82, 2.24) is 9.80 Å². The fourth-order valence-electron chi connectivity index (χ4n) is 3.42.